The first kappa shape index (κ1) is 50.9. The van der Waals surface area contributed by atoms with Gasteiger partial charge in [-0.3, -0.25) is 23.4 Å². The minimum absolute atomic E-state index is 0.116. The van der Waals surface area contributed by atoms with Gasteiger partial charge in [0.25, 0.3) is 0 Å². The molecule has 0 aliphatic carbocycles. The van der Waals surface area contributed by atoms with Crippen LogP contribution in [0.2, 0.25) is 0 Å². The number of carboxylic acid groups (broad SMARTS) is 1. The zero-order valence-corrected chi connectivity index (χ0v) is 33.9. The summed E-state index contributed by atoms with van der Waals surface area (Å²) in [5.41, 5.74) is 5.32. The number of carboxylic acids is 1. The van der Waals surface area contributed by atoms with Crippen molar-refractivity contribution in [1.82, 2.24) is 0 Å². The Morgan fingerprint density at radius 3 is 1.59 bits per heavy atom. The second-order valence-electron chi connectivity index (χ2n) is 13.0. The number of unbranched alkanes of at least 4 members (excludes halogenated alkanes) is 10. The monoisotopic (exact) mass is 779 g/mol. The van der Waals surface area contributed by atoms with E-state index in [0.717, 1.165) is 89.9 Å². The summed E-state index contributed by atoms with van der Waals surface area (Å²) in [6, 6.07) is -1.53. The average molecular weight is 780 g/mol. The minimum atomic E-state index is -4.73. The molecule has 0 radical (unpaired) electrons. The Morgan fingerprint density at radius 2 is 1.04 bits per heavy atom. The highest BCUT2D eigenvalue weighted by molar-refractivity contribution is 7.47. The second-order valence-corrected chi connectivity index (χ2v) is 14.5. The van der Waals surface area contributed by atoms with Crippen LogP contribution in [0.5, 0.6) is 0 Å². The standard InChI is InChI=1S/C42H70NO10P/c1-3-5-7-9-11-13-15-16-17-18-19-20-21-22-24-26-28-30-32-34-41(45)53-38(36-51-54(48,49)52-37-39(43)42(46)47)35-50-40(44)33-31-29-27-25-23-14-12-10-8-6-4-2/h5,7,10-13,16-17,19-20,22,24,38-39H,3-4,6,8-9,14-15,18,21,23,25-37,43H2,1-2H3,(H,46,47)(H,48,49)/b7-5+,12-10+,13-11+,17-16+,20-19+,24-22+/t38-,39-/m0/s1. The molecule has 0 heterocycles. The van der Waals surface area contributed by atoms with Crippen LogP contribution >= 0.6 is 7.82 Å². The summed E-state index contributed by atoms with van der Waals surface area (Å²) in [5.74, 6) is -2.45. The molecule has 308 valence electrons. The highest BCUT2D eigenvalue weighted by atomic mass is 31.2. The Bertz CT molecular complexity index is 1190. The topological polar surface area (TPSA) is 172 Å². The summed E-state index contributed by atoms with van der Waals surface area (Å²) in [6.45, 7) is 2.57. The highest BCUT2D eigenvalue weighted by Gasteiger charge is 2.28. The van der Waals surface area contributed by atoms with Crippen molar-refractivity contribution < 1.29 is 47.5 Å². The molecule has 0 amide bonds. The highest BCUT2D eigenvalue weighted by Crippen LogP contribution is 2.43. The first-order valence-corrected chi connectivity index (χ1v) is 21.5. The van der Waals surface area contributed by atoms with Crippen LogP contribution < -0.4 is 5.73 Å². The van der Waals surface area contributed by atoms with E-state index in [2.05, 4.69) is 91.3 Å². The van der Waals surface area contributed by atoms with Crippen molar-refractivity contribution in [2.24, 2.45) is 5.73 Å². The number of carbonyl (C=O) groups excluding carboxylic acids is 2. The zero-order valence-electron chi connectivity index (χ0n) is 33.0. The van der Waals surface area contributed by atoms with Crippen LogP contribution in [-0.4, -0.2) is 59.9 Å². The number of ether oxygens (including phenoxy) is 2. The maximum Gasteiger partial charge on any atom is 0.472 e. The predicted molar refractivity (Wildman–Crippen MR) is 217 cm³/mol. The first-order valence-electron chi connectivity index (χ1n) is 20.0. The SMILES string of the molecule is CC/C=C/C/C=C/C/C=C/C/C=C/C/C=C/CCCCCC(=O)O[C@@H](COC(=O)CCCCCCC/C=C/CCCC)COP(=O)(O)OC[C@H](N)C(=O)O. The number of carbonyl (C=O) groups is 3. The molecule has 11 nitrogen and oxygen atoms in total. The molecule has 54 heavy (non-hydrogen) atoms. The van der Waals surface area contributed by atoms with E-state index < -0.39 is 51.1 Å². The van der Waals surface area contributed by atoms with Gasteiger partial charge in [-0.25, -0.2) is 4.57 Å². The third-order valence-electron chi connectivity index (χ3n) is 7.94. The molecule has 0 saturated heterocycles. The van der Waals surface area contributed by atoms with Crippen LogP contribution in [0.3, 0.4) is 0 Å². The fourth-order valence-corrected chi connectivity index (χ4v) is 5.55. The Labute approximate surface area is 325 Å². The Kier molecular flexibility index (Phi) is 34.8. The van der Waals surface area contributed by atoms with Gasteiger partial charge < -0.3 is 25.2 Å². The molecule has 1 unspecified atom stereocenters. The lowest BCUT2D eigenvalue weighted by atomic mass is 10.1. The molecule has 0 aliphatic heterocycles. The molecule has 12 heteroatoms. The molecule has 0 aromatic rings. The Hall–Kier alpha value is -3.08. The van der Waals surface area contributed by atoms with Crippen molar-refractivity contribution >= 4 is 25.7 Å². The summed E-state index contributed by atoms with van der Waals surface area (Å²) in [7, 11) is -4.73. The van der Waals surface area contributed by atoms with Crippen LogP contribution in [0, 0.1) is 0 Å². The van der Waals surface area contributed by atoms with Crippen molar-refractivity contribution in [3.8, 4) is 0 Å². The number of hydrogen-bond donors (Lipinski definition) is 3. The lowest BCUT2D eigenvalue weighted by Gasteiger charge is -2.20. The molecule has 0 saturated carbocycles. The van der Waals surface area contributed by atoms with Gasteiger partial charge in [0, 0.05) is 12.8 Å². The smallest absolute Gasteiger partial charge is 0.472 e. The van der Waals surface area contributed by atoms with Gasteiger partial charge in [0.2, 0.25) is 0 Å². The van der Waals surface area contributed by atoms with Gasteiger partial charge in [-0.1, -0.05) is 125 Å². The summed E-state index contributed by atoms with van der Waals surface area (Å²) in [4.78, 5) is 45.8. The van der Waals surface area contributed by atoms with Gasteiger partial charge in [-0.2, -0.15) is 0 Å². The summed E-state index contributed by atoms with van der Waals surface area (Å²) in [6.07, 6.45) is 42.6. The van der Waals surface area contributed by atoms with E-state index in [1.807, 2.05) is 0 Å². The number of nitrogens with two attached hydrogens (primary N) is 1. The Balaban J connectivity index is 4.49. The molecule has 0 aromatic heterocycles. The van der Waals surface area contributed by atoms with E-state index in [4.69, 9.17) is 24.8 Å². The van der Waals surface area contributed by atoms with Gasteiger partial charge >= 0.3 is 25.7 Å². The quantitative estimate of drug-likeness (QED) is 0.0239. The molecule has 0 fully saturated rings. The lowest BCUT2D eigenvalue weighted by molar-refractivity contribution is -0.161. The third kappa shape index (κ3) is 35.9. The summed E-state index contributed by atoms with van der Waals surface area (Å²) < 4.78 is 32.5. The molecule has 3 atom stereocenters. The van der Waals surface area contributed by atoms with Crippen molar-refractivity contribution in [1.29, 1.82) is 0 Å². The molecule has 0 bridgehead atoms. The van der Waals surface area contributed by atoms with E-state index in [1.165, 1.54) is 12.8 Å². The zero-order chi connectivity index (χ0) is 40.0. The largest absolute Gasteiger partial charge is 0.480 e. The third-order valence-corrected chi connectivity index (χ3v) is 8.89. The number of phosphoric acid groups is 1. The van der Waals surface area contributed by atoms with E-state index in [1.54, 1.807) is 0 Å². The number of aliphatic carboxylic acids is 1. The second kappa shape index (κ2) is 36.9. The van der Waals surface area contributed by atoms with E-state index in [-0.39, 0.29) is 19.4 Å². The fourth-order valence-electron chi connectivity index (χ4n) is 4.78. The summed E-state index contributed by atoms with van der Waals surface area (Å²) >= 11 is 0. The average Bonchev–Trinajstić information content (AvgIpc) is 3.14. The van der Waals surface area contributed by atoms with Gasteiger partial charge in [0.05, 0.1) is 13.2 Å². The summed E-state index contributed by atoms with van der Waals surface area (Å²) in [5, 5.41) is 8.87. The van der Waals surface area contributed by atoms with Gasteiger partial charge in [0.15, 0.2) is 6.10 Å². The predicted octanol–water partition coefficient (Wildman–Crippen LogP) is 10.2. The number of allylic oxidation sites excluding steroid dienone is 12. The maximum atomic E-state index is 12.6. The van der Waals surface area contributed by atoms with Crippen LogP contribution in [0.25, 0.3) is 0 Å². The van der Waals surface area contributed by atoms with Crippen molar-refractivity contribution in [2.75, 3.05) is 19.8 Å². The Morgan fingerprint density at radius 1 is 0.593 bits per heavy atom. The van der Waals surface area contributed by atoms with E-state index in [0.29, 0.717) is 12.8 Å². The molecule has 0 aliphatic rings. The number of phosphoric ester groups is 1. The first-order chi connectivity index (χ1) is 26.1. The van der Waals surface area contributed by atoms with Crippen molar-refractivity contribution in [3.63, 3.8) is 0 Å². The van der Waals surface area contributed by atoms with E-state index in [9.17, 15) is 23.8 Å². The normalized spacial score (nSPS) is 14.6. The van der Waals surface area contributed by atoms with Gasteiger partial charge in [-0.15, -0.1) is 0 Å². The number of rotatable bonds is 36. The van der Waals surface area contributed by atoms with Crippen LogP contribution in [-0.2, 0) is 37.5 Å². The molecule has 0 aromatic carbocycles. The number of hydrogen-bond acceptors (Lipinski definition) is 9. The molecular formula is C42H70NO10P. The van der Waals surface area contributed by atoms with Crippen LogP contribution in [0.1, 0.15) is 142 Å². The minimum Gasteiger partial charge on any atom is -0.480 e. The molecule has 4 N–H and O–H groups in total. The lowest BCUT2D eigenvalue weighted by Crippen LogP contribution is -2.34. The molecular weight excluding hydrogens is 709 g/mol. The van der Waals surface area contributed by atoms with Crippen molar-refractivity contribution in [3.05, 3.63) is 72.9 Å². The van der Waals surface area contributed by atoms with Gasteiger partial charge in [-0.05, 0) is 77.0 Å². The van der Waals surface area contributed by atoms with Gasteiger partial charge in [0.1, 0.15) is 12.6 Å². The maximum absolute atomic E-state index is 12.6. The van der Waals surface area contributed by atoms with Crippen LogP contribution in [0.15, 0.2) is 72.9 Å². The molecule has 0 spiro atoms. The fraction of sp³-hybridized carbons (Fsp3) is 0.643. The molecule has 0 rings (SSSR count). The number of esters is 2. The van der Waals surface area contributed by atoms with Crippen molar-refractivity contribution in [2.45, 2.75) is 154 Å². The van der Waals surface area contributed by atoms with E-state index >= 15 is 0 Å². The van der Waals surface area contributed by atoms with Crippen LogP contribution in [0.4, 0.5) is 0 Å².